The summed E-state index contributed by atoms with van der Waals surface area (Å²) in [5.74, 6) is 0.538. The van der Waals surface area contributed by atoms with Gasteiger partial charge >= 0.3 is 0 Å². The van der Waals surface area contributed by atoms with E-state index in [0.29, 0.717) is 16.5 Å². The molecule has 2 heterocycles. The van der Waals surface area contributed by atoms with Crippen LogP contribution in [0.3, 0.4) is 0 Å². The van der Waals surface area contributed by atoms with Gasteiger partial charge in [0.1, 0.15) is 11.7 Å². The Morgan fingerprint density at radius 2 is 2.09 bits per heavy atom. The van der Waals surface area contributed by atoms with E-state index in [-0.39, 0.29) is 6.04 Å². The van der Waals surface area contributed by atoms with Crippen molar-refractivity contribution < 1.29 is 4.73 Å². The van der Waals surface area contributed by atoms with E-state index in [1.165, 1.54) is 5.56 Å². The van der Waals surface area contributed by atoms with E-state index < -0.39 is 0 Å². The van der Waals surface area contributed by atoms with Gasteiger partial charge < -0.3 is 5.21 Å². The Morgan fingerprint density at radius 1 is 1.32 bits per heavy atom. The number of hydrogen-bond acceptors (Lipinski definition) is 3. The smallest absolute Gasteiger partial charge is 0.279 e. The third kappa shape index (κ3) is 3.51. The van der Waals surface area contributed by atoms with Gasteiger partial charge in [-0.2, -0.15) is 0 Å². The van der Waals surface area contributed by atoms with Gasteiger partial charge in [-0.25, -0.2) is 4.73 Å². The minimum Gasteiger partial charge on any atom is -0.710 e. The minimum atomic E-state index is 0.279. The van der Waals surface area contributed by atoms with Gasteiger partial charge in [0.25, 0.3) is 5.82 Å². The van der Waals surface area contributed by atoms with Crippen molar-refractivity contribution >= 4 is 17.4 Å². The van der Waals surface area contributed by atoms with Gasteiger partial charge in [0.05, 0.1) is 5.02 Å². The second kappa shape index (κ2) is 6.55. The van der Waals surface area contributed by atoms with Crippen LogP contribution in [0.1, 0.15) is 17.7 Å². The zero-order valence-electron chi connectivity index (χ0n) is 12.6. The molecule has 1 fully saturated rings. The molecule has 1 aliphatic heterocycles. The molecule has 0 radical (unpaired) electrons. The summed E-state index contributed by atoms with van der Waals surface area (Å²) < 4.78 is 0.908. The fourth-order valence-corrected chi connectivity index (χ4v) is 3.19. The van der Waals surface area contributed by atoms with Crippen molar-refractivity contribution in [3.63, 3.8) is 0 Å². The number of hydrogen-bond donors (Lipinski definition) is 1. The maximum absolute atomic E-state index is 12.1. The van der Waals surface area contributed by atoms with Crippen LogP contribution in [0.4, 0.5) is 5.82 Å². The highest BCUT2D eigenvalue weighted by atomic mass is 35.5. The van der Waals surface area contributed by atoms with Gasteiger partial charge in [-0.15, -0.1) is 0 Å². The molecule has 1 aliphatic rings. The van der Waals surface area contributed by atoms with Crippen LogP contribution in [0.15, 0.2) is 42.5 Å². The molecule has 0 aliphatic carbocycles. The molecule has 116 valence electrons. The maximum atomic E-state index is 12.1. The van der Waals surface area contributed by atoms with Crippen LogP contribution in [0.25, 0.3) is 0 Å². The van der Waals surface area contributed by atoms with Crippen molar-refractivity contribution in [2.24, 2.45) is 0 Å². The number of rotatable bonds is 4. The third-order valence-electron chi connectivity index (χ3n) is 4.03. The number of benzene rings is 1. The van der Waals surface area contributed by atoms with E-state index in [1.54, 1.807) is 19.1 Å². The predicted molar refractivity (Wildman–Crippen MR) is 88.9 cm³/mol. The molecule has 1 saturated heterocycles. The highest BCUT2D eigenvalue weighted by Gasteiger charge is 2.26. The molecule has 0 spiro atoms. The molecule has 1 atom stereocenters. The number of pyridine rings is 1. The second-order valence-corrected chi connectivity index (χ2v) is 6.28. The molecular weight excluding hydrogens is 298 g/mol. The molecule has 2 aromatic rings. The zero-order chi connectivity index (χ0) is 15.5. The molecule has 1 aromatic carbocycles. The fourth-order valence-electron chi connectivity index (χ4n) is 2.92. The van der Waals surface area contributed by atoms with E-state index >= 15 is 0 Å². The van der Waals surface area contributed by atoms with Gasteiger partial charge in [0.15, 0.2) is 0 Å². The second-order valence-electron chi connectivity index (χ2n) is 5.85. The topological polar surface area (TPSA) is 42.2 Å². The first-order chi connectivity index (χ1) is 10.6. The lowest BCUT2D eigenvalue weighted by molar-refractivity contribution is -0.597. The lowest BCUT2D eigenvalue weighted by atomic mass is 10.2. The molecule has 3 rings (SSSR count). The van der Waals surface area contributed by atoms with E-state index in [2.05, 4.69) is 34.5 Å². The Hall–Kier alpha value is -1.78. The first kappa shape index (κ1) is 15.1. The normalized spacial score (nSPS) is 18.5. The van der Waals surface area contributed by atoms with Crippen LogP contribution in [-0.2, 0) is 6.54 Å². The largest absolute Gasteiger partial charge is 0.710 e. The summed E-state index contributed by atoms with van der Waals surface area (Å²) in [4.78, 5) is 2.40. The van der Waals surface area contributed by atoms with Crippen LogP contribution in [-0.4, -0.2) is 24.0 Å². The number of nitrogens with one attached hydrogen (secondary N) is 1. The van der Waals surface area contributed by atoms with Crippen LogP contribution >= 0.6 is 11.6 Å². The molecule has 0 bridgehead atoms. The van der Waals surface area contributed by atoms with Crippen molar-refractivity contribution in [3.8, 4) is 0 Å². The summed E-state index contributed by atoms with van der Waals surface area (Å²) in [6.45, 7) is 4.68. The number of halogens is 1. The molecular formula is C17H20ClN3O. The highest BCUT2D eigenvalue weighted by Crippen LogP contribution is 2.19. The monoisotopic (exact) mass is 317 g/mol. The summed E-state index contributed by atoms with van der Waals surface area (Å²) in [6.07, 6.45) is 1.03. The van der Waals surface area contributed by atoms with Crippen molar-refractivity contribution in [2.75, 3.05) is 18.4 Å². The SMILES string of the molecule is Cc1cc(Cl)cc(N[C@H]2CCN(Cc3ccccc3)C2)[n+]1[O-]. The summed E-state index contributed by atoms with van der Waals surface area (Å²) >= 11 is 6.04. The van der Waals surface area contributed by atoms with Crippen molar-refractivity contribution in [2.45, 2.75) is 25.9 Å². The molecule has 0 unspecified atom stereocenters. The first-order valence-electron chi connectivity index (χ1n) is 7.54. The maximum Gasteiger partial charge on any atom is 0.279 e. The lowest BCUT2D eigenvalue weighted by Crippen LogP contribution is -2.37. The van der Waals surface area contributed by atoms with Gasteiger partial charge in [0, 0.05) is 32.1 Å². The number of anilines is 1. The Kier molecular flexibility index (Phi) is 4.50. The Morgan fingerprint density at radius 3 is 2.86 bits per heavy atom. The van der Waals surface area contributed by atoms with Crippen molar-refractivity contribution in [1.29, 1.82) is 0 Å². The molecule has 1 aromatic heterocycles. The average molecular weight is 318 g/mol. The molecule has 0 saturated carbocycles. The predicted octanol–water partition coefficient (Wildman–Crippen LogP) is 2.97. The quantitative estimate of drug-likeness (QED) is 0.696. The molecule has 5 heteroatoms. The third-order valence-corrected chi connectivity index (χ3v) is 4.25. The van der Waals surface area contributed by atoms with E-state index in [4.69, 9.17) is 11.6 Å². The van der Waals surface area contributed by atoms with Crippen molar-refractivity contribution in [1.82, 2.24) is 4.90 Å². The summed E-state index contributed by atoms with van der Waals surface area (Å²) in [5, 5.41) is 16.0. The highest BCUT2D eigenvalue weighted by molar-refractivity contribution is 6.30. The Labute approximate surface area is 135 Å². The molecule has 1 N–H and O–H groups in total. The van der Waals surface area contributed by atoms with Gasteiger partial charge in [-0.1, -0.05) is 41.9 Å². The molecule has 0 amide bonds. The standard InChI is InChI=1S/C17H20ClN3O/c1-13-9-15(18)10-17(21(13)22)19-16-7-8-20(12-16)11-14-5-3-2-4-6-14/h2-6,9-10,16,19H,7-8,11-12H2,1H3/t16-/m0/s1. The zero-order valence-corrected chi connectivity index (χ0v) is 13.4. The van der Waals surface area contributed by atoms with Crippen LogP contribution in [0, 0.1) is 12.1 Å². The summed E-state index contributed by atoms with van der Waals surface area (Å²) in [6, 6.07) is 14.1. The number of aromatic nitrogens is 1. The molecule has 22 heavy (non-hydrogen) atoms. The molecule has 4 nitrogen and oxygen atoms in total. The van der Waals surface area contributed by atoms with E-state index in [0.717, 1.165) is 30.8 Å². The van der Waals surface area contributed by atoms with E-state index in [1.807, 2.05) is 6.07 Å². The Balaban J connectivity index is 1.62. The first-order valence-corrected chi connectivity index (χ1v) is 7.92. The summed E-state index contributed by atoms with van der Waals surface area (Å²) in [7, 11) is 0. The Bertz CT molecular complexity index is 648. The van der Waals surface area contributed by atoms with Crippen LogP contribution < -0.4 is 10.0 Å². The van der Waals surface area contributed by atoms with Crippen LogP contribution in [0.2, 0.25) is 5.02 Å². The van der Waals surface area contributed by atoms with Crippen molar-refractivity contribution in [3.05, 3.63) is 64.0 Å². The number of nitrogens with zero attached hydrogens (tertiary/aromatic N) is 2. The van der Waals surface area contributed by atoms with E-state index in [9.17, 15) is 5.21 Å². The van der Waals surface area contributed by atoms with Gasteiger partial charge in [-0.05, 0) is 18.6 Å². The lowest BCUT2D eigenvalue weighted by Gasteiger charge is -2.17. The average Bonchev–Trinajstić information content (AvgIpc) is 2.92. The van der Waals surface area contributed by atoms with Crippen LogP contribution in [0.5, 0.6) is 0 Å². The van der Waals surface area contributed by atoms with Gasteiger partial charge in [0.2, 0.25) is 0 Å². The fraction of sp³-hybridized carbons (Fsp3) is 0.353. The minimum absolute atomic E-state index is 0.279. The van der Waals surface area contributed by atoms with Gasteiger partial charge in [-0.3, -0.25) is 10.2 Å². The number of aryl methyl sites for hydroxylation is 1. The summed E-state index contributed by atoms with van der Waals surface area (Å²) in [5.41, 5.74) is 1.93. The number of likely N-dealkylation sites (tertiary alicyclic amines) is 1.